The highest BCUT2D eigenvalue weighted by atomic mass is 16.6. The maximum Gasteiger partial charge on any atom is 0.408 e. The number of ether oxygens (including phenoxy) is 1. The second kappa shape index (κ2) is 8.16. The third-order valence-electron chi connectivity index (χ3n) is 5.77. The molecule has 0 bridgehead atoms. The maximum absolute atomic E-state index is 13.3. The second-order valence-corrected chi connectivity index (χ2v) is 10.5. The highest BCUT2D eigenvalue weighted by Crippen LogP contribution is 2.28. The van der Waals surface area contributed by atoms with Crippen molar-refractivity contribution in [3.63, 3.8) is 0 Å². The second-order valence-electron chi connectivity index (χ2n) is 10.5. The minimum Gasteiger partial charge on any atom is -0.444 e. The average Bonchev–Trinajstić information content (AvgIpc) is 3.17. The fraction of sp³-hybridized carbons (Fsp3) is 0.727. The largest absolute Gasteiger partial charge is 0.444 e. The lowest BCUT2D eigenvalue weighted by Gasteiger charge is -2.40. The van der Waals surface area contributed by atoms with Gasteiger partial charge in [-0.25, -0.2) is 14.6 Å². The molecule has 1 fully saturated rings. The normalized spacial score (nSPS) is 18.7. The van der Waals surface area contributed by atoms with Crippen LogP contribution in [-0.2, 0) is 16.1 Å². The molecular weight excluding hydrogens is 398 g/mol. The van der Waals surface area contributed by atoms with Crippen LogP contribution in [0.5, 0.6) is 0 Å². The van der Waals surface area contributed by atoms with Gasteiger partial charge in [-0.1, -0.05) is 20.8 Å². The molecule has 2 aliphatic rings. The number of alkyl carbamates (subject to hydrolysis) is 1. The fourth-order valence-electron chi connectivity index (χ4n) is 4.17. The van der Waals surface area contributed by atoms with Crippen LogP contribution < -0.4 is 5.32 Å². The summed E-state index contributed by atoms with van der Waals surface area (Å²) >= 11 is 0. The zero-order chi connectivity index (χ0) is 23.1. The van der Waals surface area contributed by atoms with Crippen molar-refractivity contribution in [3.05, 3.63) is 17.7 Å². The lowest BCUT2D eigenvalue weighted by atomic mass is 9.85. The van der Waals surface area contributed by atoms with Gasteiger partial charge in [0.15, 0.2) is 0 Å². The minimum absolute atomic E-state index is 0.0334. The highest BCUT2D eigenvalue weighted by molar-refractivity contribution is 5.86. The van der Waals surface area contributed by atoms with Gasteiger partial charge in [0.05, 0.1) is 18.4 Å². The van der Waals surface area contributed by atoms with Crippen LogP contribution in [0.1, 0.15) is 65.9 Å². The molecule has 3 rings (SSSR count). The van der Waals surface area contributed by atoms with E-state index in [-0.39, 0.29) is 18.0 Å². The highest BCUT2D eigenvalue weighted by Gasteiger charge is 2.40. The molecule has 2 aliphatic heterocycles. The van der Waals surface area contributed by atoms with Gasteiger partial charge in [-0.3, -0.25) is 9.36 Å². The zero-order valence-electron chi connectivity index (χ0n) is 19.7. The van der Waals surface area contributed by atoms with E-state index in [1.54, 1.807) is 36.4 Å². The number of amides is 3. The summed E-state index contributed by atoms with van der Waals surface area (Å²) in [6.45, 7) is 14.6. The summed E-state index contributed by atoms with van der Waals surface area (Å²) < 4.78 is 7.02. The van der Waals surface area contributed by atoms with E-state index in [0.29, 0.717) is 38.3 Å². The van der Waals surface area contributed by atoms with Crippen molar-refractivity contribution >= 4 is 18.0 Å². The number of rotatable bonds is 3. The van der Waals surface area contributed by atoms with Crippen molar-refractivity contribution in [2.75, 3.05) is 13.1 Å². The number of nitrogens with one attached hydrogen (secondary N) is 1. The van der Waals surface area contributed by atoms with Gasteiger partial charge < -0.3 is 19.9 Å². The summed E-state index contributed by atoms with van der Waals surface area (Å²) in [5.41, 5.74) is -0.192. The summed E-state index contributed by atoms with van der Waals surface area (Å²) in [6.07, 6.45) is 2.57. The molecule has 1 atom stereocenters. The van der Waals surface area contributed by atoms with Gasteiger partial charge in [0.2, 0.25) is 5.91 Å². The monoisotopic (exact) mass is 433 g/mol. The first kappa shape index (κ1) is 23.1. The number of likely N-dealkylation sites (tertiary alicyclic amines) is 1. The third-order valence-corrected chi connectivity index (χ3v) is 5.77. The van der Waals surface area contributed by atoms with E-state index < -0.39 is 23.2 Å². The van der Waals surface area contributed by atoms with E-state index in [2.05, 4.69) is 10.3 Å². The molecule has 9 heteroatoms. The topological polar surface area (TPSA) is 96.8 Å². The maximum atomic E-state index is 13.3. The van der Waals surface area contributed by atoms with Crippen molar-refractivity contribution in [1.82, 2.24) is 24.7 Å². The van der Waals surface area contributed by atoms with Crippen LogP contribution in [0.4, 0.5) is 9.59 Å². The van der Waals surface area contributed by atoms with E-state index in [4.69, 9.17) is 4.74 Å². The number of aryl methyl sites for hydroxylation is 1. The van der Waals surface area contributed by atoms with Gasteiger partial charge in [0, 0.05) is 19.1 Å². The molecule has 0 radical (unpaired) electrons. The fourth-order valence-corrected chi connectivity index (χ4v) is 4.17. The SMILES string of the molecule is Cc1ncc2n1C(=O)N(C1CCN(C(=O)[C@H](NC(=O)OC(C)(C)C)C(C)(C)C)CC1)C2. The molecule has 31 heavy (non-hydrogen) atoms. The number of imidazole rings is 1. The molecular formula is C22H35N5O4. The van der Waals surface area contributed by atoms with Crippen LogP contribution in [0.15, 0.2) is 6.20 Å². The first-order valence-corrected chi connectivity index (χ1v) is 10.9. The van der Waals surface area contributed by atoms with Crippen molar-refractivity contribution < 1.29 is 19.1 Å². The molecule has 1 N–H and O–H groups in total. The van der Waals surface area contributed by atoms with E-state index in [1.807, 2.05) is 32.6 Å². The van der Waals surface area contributed by atoms with Crippen LogP contribution in [0.3, 0.4) is 0 Å². The van der Waals surface area contributed by atoms with Gasteiger partial charge in [0.1, 0.15) is 17.5 Å². The number of hydrogen-bond acceptors (Lipinski definition) is 5. The third kappa shape index (κ3) is 5.02. The number of fused-ring (bicyclic) bond motifs is 1. The number of nitrogens with zero attached hydrogens (tertiary/aromatic N) is 4. The van der Waals surface area contributed by atoms with Crippen LogP contribution in [0, 0.1) is 12.3 Å². The van der Waals surface area contributed by atoms with E-state index in [9.17, 15) is 14.4 Å². The van der Waals surface area contributed by atoms with Crippen LogP contribution in [0.25, 0.3) is 0 Å². The van der Waals surface area contributed by atoms with Crippen LogP contribution in [-0.4, -0.2) is 68.2 Å². The smallest absolute Gasteiger partial charge is 0.408 e. The Morgan fingerprint density at radius 2 is 1.77 bits per heavy atom. The number of carbonyl (C=O) groups is 3. The minimum atomic E-state index is -0.693. The quantitative estimate of drug-likeness (QED) is 0.791. The molecule has 0 unspecified atom stereocenters. The van der Waals surface area contributed by atoms with Gasteiger partial charge in [-0.2, -0.15) is 0 Å². The first-order chi connectivity index (χ1) is 14.3. The molecule has 9 nitrogen and oxygen atoms in total. The summed E-state index contributed by atoms with van der Waals surface area (Å²) in [5, 5.41) is 2.77. The van der Waals surface area contributed by atoms with Crippen molar-refractivity contribution in [3.8, 4) is 0 Å². The Labute approximate surface area is 184 Å². The van der Waals surface area contributed by atoms with E-state index >= 15 is 0 Å². The van der Waals surface area contributed by atoms with Gasteiger partial charge in [0.25, 0.3) is 0 Å². The molecule has 3 amide bonds. The predicted molar refractivity (Wildman–Crippen MR) is 116 cm³/mol. The molecule has 1 aromatic heterocycles. The summed E-state index contributed by atoms with van der Waals surface area (Å²) in [7, 11) is 0. The Morgan fingerprint density at radius 3 is 2.29 bits per heavy atom. The van der Waals surface area contributed by atoms with Crippen molar-refractivity contribution in [1.29, 1.82) is 0 Å². The van der Waals surface area contributed by atoms with Gasteiger partial charge in [-0.15, -0.1) is 0 Å². The Bertz CT molecular complexity index is 856. The molecule has 0 saturated carbocycles. The van der Waals surface area contributed by atoms with Crippen LogP contribution >= 0.6 is 0 Å². The van der Waals surface area contributed by atoms with E-state index in [0.717, 1.165) is 5.69 Å². The number of aromatic nitrogens is 2. The molecule has 172 valence electrons. The molecule has 1 saturated heterocycles. The van der Waals surface area contributed by atoms with E-state index in [1.165, 1.54) is 0 Å². The molecule has 3 heterocycles. The standard InChI is InChI=1S/C22H35N5O4/c1-14-23-12-16-13-26(20(30)27(14)16)15-8-10-25(11-9-15)18(28)17(21(2,3)4)24-19(29)31-22(5,6)7/h12,15,17H,8-11,13H2,1-7H3,(H,24,29)/t17-/m0/s1. The van der Waals surface area contributed by atoms with Gasteiger partial charge >= 0.3 is 12.1 Å². The molecule has 0 aromatic carbocycles. The first-order valence-electron chi connectivity index (χ1n) is 10.9. The molecule has 1 aromatic rings. The van der Waals surface area contributed by atoms with Crippen molar-refractivity contribution in [2.45, 2.75) is 85.5 Å². The number of hydrogen-bond donors (Lipinski definition) is 1. The average molecular weight is 434 g/mol. The molecule has 0 aliphatic carbocycles. The van der Waals surface area contributed by atoms with Gasteiger partial charge in [-0.05, 0) is 46.0 Å². The molecule has 0 spiro atoms. The summed E-state index contributed by atoms with van der Waals surface area (Å²) in [5.74, 6) is 0.590. The van der Waals surface area contributed by atoms with Crippen LogP contribution in [0.2, 0.25) is 0 Å². The zero-order valence-corrected chi connectivity index (χ0v) is 19.7. The Balaban J connectivity index is 1.61. The Kier molecular flexibility index (Phi) is 6.08. The number of piperidine rings is 1. The Morgan fingerprint density at radius 1 is 1.16 bits per heavy atom. The summed E-state index contributed by atoms with van der Waals surface area (Å²) in [6, 6.07) is -0.640. The number of carbonyl (C=O) groups excluding carboxylic acids is 3. The predicted octanol–water partition coefficient (Wildman–Crippen LogP) is 2.91. The lowest BCUT2D eigenvalue weighted by molar-refractivity contribution is -0.137. The summed E-state index contributed by atoms with van der Waals surface area (Å²) in [4.78, 5) is 46.3. The van der Waals surface area contributed by atoms with Crippen molar-refractivity contribution in [2.24, 2.45) is 5.41 Å². The lowest BCUT2D eigenvalue weighted by Crippen LogP contribution is -2.57. The Hall–Kier alpha value is -2.58.